The lowest BCUT2D eigenvalue weighted by atomic mass is 10.2. The molecular weight excluding hydrogens is 237 g/mol. The molecule has 0 aromatic heterocycles. The third-order valence-corrected chi connectivity index (χ3v) is 2.09. The van der Waals surface area contributed by atoms with Crippen molar-refractivity contribution in [3.63, 3.8) is 0 Å². The molecule has 0 aliphatic heterocycles. The van der Waals surface area contributed by atoms with Gasteiger partial charge in [0.15, 0.2) is 0 Å². The van der Waals surface area contributed by atoms with Crippen molar-refractivity contribution in [3.05, 3.63) is 29.6 Å². The van der Waals surface area contributed by atoms with Gasteiger partial charge in [0.1, 0.15) is 12.4 Å². The summed E-state index contributed by atoms with van der Waals surface area (Å²) in [6.45, 7) is -0.0106. The Kier molecular flexibility index (Phi) is 5.85. The van der Waals surface area contributed by atoms with Crippen LogP contribution in [0.4, 0.5) is 10.1 Å². The molecule has 0 aliphatic rings. The Morgan fingerprint density at radius 2 is 2.33 bits per heavy atom. The molecule has 1 aromatic carbocycles. The monoisotopic (exact) mass is 251 g/mol. The van der Waals surface area contributed by atoms with Crippen molar-refractivity contribution in [1.29, 1.82) is 0 Å². The van der Waals surface area contributed by atoms with Gasteiger partial charge in [0.2, 0.25) is 5.91 Å². The number of hydrogen-bond acceptors (Lipinski definition) is 3. The predicted molar refractivity (Wildman–Crippen MR) is 65.5 cm³/mol. The van der Waals surface area contributed by atoms with Crippen LogP contribution in [0.15, 0.2) is 18.2 Å². The molecule has 2 N–H and O–H groups in total. The smallest absolute Gasteiger partial charge is 0.226 e. The van der Waals surface area contributed by atoms with E-state index in [0.717, 1.165) is 0 Å². The predicted octanol–water partition coefficient (Wildman–Crippen LogP) is 1.14. The highest BCUT2D eigenvalue weighted by atomic mass is 19.1. The summed E-state index contributed by atoms with van der Waals surface area (Å²) >= 11 is 0. The summed E-state index contributed by atoms with van der Waals surface area (Å²) in [5.41, 5.74) is 0.544. The lowest BCUT2D eigenvalue weighted by Gasteiger charge is -2.05. The molecule has 18 heavy (non-hydrogen) atoms. The summed E-state index contributed by atoms with van der Waals surface area (Å²) in [6.07, 6.45) is 0.212. The lowest BCUT2D eigenvalue weighted by Crippen LogP contribution is -2.13. The van der Waals surface area contributed by atoms with Gasteiger partial charge in [-0.15, -0.1) is 0 Å². The fourth-order valence-electron chi connectivity index (χ4n) is 1.25. The maximum absolute atomic E-state index is 13.5. The summed E-state index contributed by atoms with van der Waals surface area (Å²) in [5, 5.41) is 11.1. The molecule has 0 radical (unpaired) electrons. The number of aliphatic hydroxyl groups is 1. The van der Waals surface area contributed by atoms with Crippen molar-refractivity contribution in [3.8, 4) is 11.8 Å². The highest BCUT2D eigenvalue weighted by Gasteiger charge is 2.05. The van der Waals surface area contributed by atoms with Gasteiger partial charge in [-0.25, -0.2) is 4.39 Å². The van der Waals surface area contributed by atoms with Gasteiger partial charge in [0.05, 0.1) is 18.6 Å². The minimum Gasteiger partial charge on any atom is -0.384 e. The molecule has 0 aliphatic carbocycles. The van der Waals surface area contributed by atoms with E-state index in [1.165, 1.54) is 19.2 Å². The second kappa shape index (κ2) is 7.43. The van der Waals surface area contributed by atoms with Crippen molar-refractivity contribution < 1.29 is 19.0 Å². The van der Waals surface area contributed by atoms with Crippen LogP contribution in [-0.2, 0) is 9.53 Å². The third kappa shape index (κ3) is 4.53. The van der Waals surface area contributed by atoms with Crippen LogP contribution < -0.4 is 5.32 Å². The van der Waals surface area contributed by atoms with E-state index in [2.05, 4.69) is 17.2 Å². The van der Waals surface area contributed by atoms with E-state index < -0.39 is 5.82 Å². The summed E-state index contributed by atoms with van der Waals surface area (Å²) in [4.78, 5) is 11.4. The average molecular weight is 251 g/mol. The molecule has 0 unspecified atom stereocenters. The van der Waals surface area contributed by atoms with E-state index in [1.807, 2.05) is 0 Å². The molecule has 1 rings (SSSR count). The standard InChI is InChI=1S/C13H14FNO3/c1-18-8-6-13(17)15-11-5-4-10(3-2-7-16)12(14)9-11/h4-5,9,16H,6-8H2,1H3,(H,15,17). The Morgan fingerprint density at radius 1 is 1.56 bits per heavy atom. The van der Waals surface area contributed by atoms with Crippen LogP contribution in [0.1, 0.15) is 12.0 Å². The van der Waals surface area contributed by atoms with Gasteiger partial charge in [-0.05, 0) is 18.2 Å². The number of halogens is 1. The highest BCUT2D eigenvalue weighted by molar-refractivity contribution is 5.90. The number of amides is 1. The van der Waals surface area contributed by atoms with Crippen molar-refractivity contribution in [1.82, 2.24) is 0 Å². The Balaban J connectivity index is 2.69. The Bertz CT molecular complexity index is 477. The first kappa shape index (κ1) is 14.2. The number of benzene rings is 1. The fourth-order valence-corrected chi connectivity index (χ4v) is 1.25. The van der Waals surface area contributed by atoms with Crippen molar-refractivity contribution in [2.75, 3.05) is 25.6 Å². The zero-order valence-corrected chi connectivity index (χ0v) is 10.00. The highest BCUT2D eigenvalue weighted by Crippen LogP contribution is 2.14. The Labute approximate surface area is 105 Å². The van der Waals surface area contributed by atoms with Crippen molar-refractivity contribution in [2.24, 2.45) is 0 Å². The first-order chi connectivity index (χ1) is 8.67. The molecule has 0 fully saturated rings. The number of ether oxygens (including phenoxy) is 1. The average Bonchev–Trinajstić information content (AvgIpc) is 2.35. The van der Waals surface area contributed by atoms with E-state index in [1.54, 1.807) is 6.07 Å². The number of methoxy groups -OCH3 is 1. The van der Waals surface area contributed by atoms with E-state index in [-0.39, 0.29) is 24.5 Å². The van der Waals surface area contributed by atoms with Gasteiger partial charge in [0, 0.05) is 12.8 Å². The number of hydrogen-bond donors (Lipinski definition) is 2. The first-order valence-corrected chi connectivity index (χ1v) is 5.35. The van der Waals surface area contributed by atoms with Crippen LogP contribution in [0, 0.1) is 17.7 Å². The molecule has 0 bridgehead atoms. The molecule has 1 amide bonds. The molecule has 5 heteroatoms. The molecule has 0 saturated heterocycles. The quantitative estimate of drug-likeness (QED) is 0.789. The number of carbonyl (C=O) groups is 1. The van der Waals surface area contributed by atoms with Gasteiger partial charge in [0.25, 0.3) is 0 Å². The summed E-state index contributed by atoms with van der Waals surface area (Å²) in [5.74, 6) is 4.04. The Hall–Kier alpha value is -1.90. The minimum atomic E-state index is -0.541. The van der Waals surface area contributed by atoms with Gasteiger partial charge < -0.3 is 15.2 Å². The van der Waals surface area contributed by atoms with Gasteiger partial charge >= 0.3 is 0 Å². The van der Waals surface area contributed by atoms with Gasteiger partial charge in [-0.1, -0.05) is 11.8 Å². The van der Waals surface area contributed by atoms with Crippen LogP contribution in [0.5, 0.6) is 0 Å². The minimum absolute atomic E-state index is 0.180. The van der Waals surface area contributed by atoms with Crippen molar-refractivity contribution in [2.45, 2.75) is 6.42 Å². The number of carbonyl (C=O) groups excluding carboxylic acids is 1. The molecule has 0 spiro atoms. The van der Waals surface area contributed by atoms with Crippen LogP contribution >= 0.6 is 0 Å². The maximum Gasteiger partial charge on any atom is 0.226 e. The van der Waals surface area contributed by atoms with Crippen molar-refractivity contribution >= 4 is 11.6 Å². The Morgan fingerprint density at radius 3 is 2.94 bits per heavy atom. The summed E-state index contributed by atoms with van der Waals surface area (Å²) < 4.78 is 18.3. The molecule has 0 saturated carbocycles. The fraction of sp³-hybridized carbons (Fsp3) is 0.308. The molecular formula is C13H14FNO3. The van der Waals surface area contributed by atoms with Crippen LogP contribution in [0.25, 0.3) is 0 Å². The largest absolute Gasteiger partial charge is 0.384 e. The van der Waals surface area contributed by atoms with E-state index in [4.69, 9.17) is 9.84 Å². The lowest BCUT2D eigenvalue weighted by molar-refractivity contribution is -0.117. The van der Waals surface area contributed by atoms with Crippen LogP contribution in [0.3, 0.4) is 0 Å². The zero-order valence-electron chi connectivity index (χ0n) is 10.00. The normalized spacial score (nSPS) is 9.50. The topological polar surface area (TPSA) is 58.6 Å². The molecule has 4 nitrogen and oxygen atoms in total. The number of anilines is 1. The molecule has 1 aromatic rings. The van der Waals surface area contributed by atoms with E-state index in [0.29, 0.717) is 12.3 Å². The first-order valence-electron chi connectivity index (χ1n) is 5.35. The molecule has 0 heterocycles. The van der Waals surface area contributed by atoms with E-state index in [9.17, 15) is 9.18 Å². The third-order valence-electron chi connectivity index (χ3n) is 2.09. The number of aliphatic hydroxyl groups excluding tert-OH is 1. The van der Waals surface area contributed by atoms with Crippen LogP contribution in [0.2, 0.25) is 0 Å². The maximum atomic E-state index is 13.5. The van der Waals surface area contributed by atoms with Gasteiger partial charge in [-0.3, -0.25) is 4.79 Å². The van der Waals surface area contributed by atoms with Gasteiger partial charge in [-0.2, -0.15) is 0 Å². The summed E-state index contributed by atoms with van der Waals surface area (Å²) in [6, 6.07) is 4.19. The molecule has 0 atom stereocenters. The number of rotatable bonds is 4. The van der Waals surface area contributed by atoms with E-state index >= 15 is 0 Å². The second-order valence-corrected chi connectivity index (χ2v) is 3.45. The second-order valence-electron chi connectivity index (χ2n) is 3.45. The SMILES string of the molecule is COCCC(=O)Nc1ccc(C#CCO)c(F)c1. The number of nitrogens with one attached hydrogen (secondary N) is 1. The summed E-state index contributed by atoms with van der Waals surface area (Å²) in [7, 11) is 1.50. The molecule has 96 valence electrons. The zero-order chi connectivity index (χ0) is 13.4. The van der Waals surface area contributed by atoms with Crippen LogP contribution in [-0.4, -0.2) is 31.3 Å².